The normalized spacial score (nSPS) is 11.0. The van der Waals surface area contributed by atoms with E-state index in [0.717, 1.165) is 22.0 Å². The van der Waals surface area contributed by atoms with E-state index in [2.05, 4.69) is 26.1 Å². The van der Waals surface area contributed by atoms with Crippen molar-refractivity contribution in [1.82, 2.24) is 24.7 Å². The molecule has 138 valence electrons. The van der Waals surface area contributed by atoms with Crippen molar-refractivity contribution in [2.75, 3.05) is 0 Å². The molecule has 0 amide bonds. The van der Waals surface area contributed by atoms with Gasteiger partial charge in [0.2, 0.25) is 0 Å². The Kier molecular flexibility index (Phi) is 3.71. The molecule has 0 radical (unpaired) electrons. The van der Waals surface area contributed by atoms with E-state index < -0.39 is 0 Å². The summed E-state index contributed by atoms with van der Waals surface area (Å²) in [6, 6.07) is 15.2. The smallest absolute Gasteiger partial charge is 0.191 e. The van der Waals surface area contributed by atoms with E-state index in [9.17, 15) is 10.1 Å². The summed E-state index contributed by atoms with van der Waals surface area (Å²) >= 11 is 0. The fourth-order valence-corrected chi connectivity index (χ4v) is 3.40. The Hall–Kier alpha value is -4.31. The molecule has 7 heteroatoms. The summed E-state index contributed by atoms with van der Waals surface area (Å²) in [4.78, 5) is 24.4. The van der Waals surface area contributed by atoms with Crippen molar-refractivity contribution in [2.24, 2.45) is 0 Å². The first kappa shape index (κ1) is 16.8. The highest BCUT2D eigenvalue weighted by Gasteiger charge is 2.16. The van der Waals surface area contributed by atoms with Crippen LogP contribution in [0.1, 0.15) is 11.3 Å². The quantitative estimate of drug-likeness (QED) is 0.507. The van der Waals surface area contributed by atoms with Gasteiger partial charge in [0.15, 0.2) is 11.2 Å². The first-order valence-corrected chi connectivity index (χ1v) is 8.98. The lowest BCUT2D eigenvalue weighted by Gasteiger charge is -2.11. The van der Waals surface area contributed by atoms with Crippen LogP contribution in [0.3, 0.4) is 0 Å². The zero-order valence-corrected chi connectivity index (χ0v) is 15.4. The third kappa shape index (κ3) is 2.75. The molecule has 1 aromatic carbocycles. The molecule has 5 rings (SSSR count). The third-order valence-corrected chi connectivity index (χ3v) is 4.87. The van der Waals surface area contributed by atoms with E-state index in [0.29, 0.717) is 28.1 Å². The largest absolute Gasteiger partial charge is 0.346 e. The van der Waals surface area contributed by atoms with E-state index in [4.69, 9.17) is 0 Å². The van der Waals surface area contributed by atoms with Gasteiger partial charge < -0.3 is 4.98 Å². The number of nitrogens with one attached hydrogen (secondary N) is 1. The number of nitrogens with zero attached hydrogens (tertiary/aromatic N) is 5. The van der Waals surface area contributed by atoms with Crippen LogP contribution in [-0.2, 0) is 0 Å². The molecule has 0 aliphatic carbocycles. The number of rotatable bonds is 2. The van der Waals surface area contributed by atoms with Gasteiger partial charge in [-0.15, -0.1) is 0 Å². The summed E-state index contributed by atoms with van der Waals surface area (Å²) in [5.41, 5.74) is 3.94. The van der Waals surface area contributed by atoms with Crippen molar-refractivity contribution >= 4 is 21.9 Å². The van der Waals surface area contributed by atoms with E-state index in [-0.39, 0.29) is 5.43 Å². The molecule has 0 spiro atoms. The van der Waals surface area contributed by atoms with Gasteiger partial charge in [-0.25, -0.2) is 9.67 Å². The van der Waals surface area contributed by atoms with Crippen LogP contribution < -0.4 is 5.43 Å². The Morgan fingerprint density at radius 1 is 1.17 bits per heavy atom. The van der Waals surface area contributed by atoms with Gasteiger partial charge in [0.05, 0.1) is 28.4 Å². The molecule has 1 N–H and O–H groups in total. The van der Waals surface area contributed by atoms with Gasteiger partial charge in [-0.05, 0) is 36.8 Å². The van der Waals surface area contributed by atoms with Crippen LogP contribution in [-0.4, -0.2) is 24.7 Å². The predicted octanol–water partition coefficient (Wildman–Crippen LogP) is 3.50. The molecule has 0 fully saturated rings. The van der Waals surface area contributed by atoms with Crippen molar-refractivity contribution in [3.05, 3.63) is 82.5 Å². The molecule has 0 unspecified atom stereocenters. The lowest BCUT2D eigenvalue weighted by molar-refractivity contribution is 0.838. The number of pyridine rings is 3. The van der Waals surface area contributed by atoms with Crippen LogP contribution >= 0.6 is 0 Å². The Bertz CT molecular complexity index is 1510. The predicted molar refractivity (Wildman–Crippen MR) is 110 cm³/mol. The average molecular weight is 378 g/mol. The minimum absolute atomic E-state index is 0.115. The number of aromatic amines is 1. The van der Waals surface area contributed by atoms with Crippen LogP contribution in [0.5, 0.6) is 0 Å². The SMILES string of the molecule is Cc1nn(-c2nc3[nH]ccc(=O)c3cc2-c2ccc3ncccc3c2)cc1C#N. The summed E-state index contributed by atoms with van der Waals surface area (Å²) in [5, 5.41) is 15.2. The second-order valence-corrected chi connectivity index (χ2v) is 6.69. The van der Waals surface area contributed by atoms with Gasteiger partial charge in [0, 0.05) is 29.4 Å². The standard InChI is InChI=1S/C22H14N6O/c1-13-16(11-23)12-28(27-13)22-17(10-18-20(29)6-8-25-21(18)26-22)14-4-5-19-15(9-14)3-2-7-24-19/h2-10,12H,1H3,(H,25,26,29). The summed E-state index contributed by atoms with van der Waals surface area (Å²) in [5.74, 6) is 0.534. The second kappa shape index (κ2) is 6.39. The van der Waals surface area contributed by atoms with Crippen molar-refractivity contribution in [3.8, 4) is 23.0 Å². The lowest BCUT2D eigenvalue weighted by atomic mass is 10.0. The van der Waals surface area contributed by atoms with E-state index >= 15 is 0 Å². The first-order chi connectivity index (χ1) is 14.1. The van der Waals surface area contributed by atoms with Crippen molar-refractivity contribution < 1.29 is 0 Å². The Morgan fingerprint density at radius 2 is 2.07 bits per heavy atom. The number of hydrogen-bond acceptors (Lipinski definition) is 5. The van der Waals surface area contributed by atoms with Gasteiger partial charge in [-0.2, -0.15) is 10.4 Å². The van der Waals surface area contributed by atoms with Gasteiger partial charge in [0.25, 0.3) is 0 Å². The number of hydrogen-bond donors (Lipinski definition) is 1. The van der Waals surface area contributed by atoms with Crippen LogP contribution in [0.4, 0.5) is 0 Å². The molecule has 0 aliphatic rings. The highest BCUT2D eigenvalue weighted by Crippen LogP contribution is 2.30. The minimum Gasteiger partial charge on any atom is -0.346 e. The molecule has 0 atom stereocenters. The van der Waals surface area contributed by atoms with E-state index in [1.165, 1.54) is 6.07 Å². The van der Waals surface area contributed by atoms with Crippen LogP contribution in [0.15, 0.2) is 65.8 Å². The summed E-state index contributed by atoms with van der Waals surface area (Å²) < 4.78 is 1.58. The lowest BCUT2D eigenvalue weighted by Crippen LogP contribution is -2.07. The molecule has 0 aliphatic heterocycles. The van der Waals surface area contributed by atoms with Gasteiger partial charge in [0.1, 0.15) is 11.7 Å². The van der Waals surface area contributed by atoms with Crippen molar-refractivity contribution in [2.45, 2.75) is 6.92 Å². The summed E-state index contributed by atoms with van der Waals surface area (Å²) in [6.45, 7) is 1.78. The Morgan fingerprint density at radius 3 is 2.90 bits per heavy atom. The van der Waals surface area contributed by atoms with Gasteiger partial charge in [-0.3, -0.25) is 9.78 Å². The third-order valence-electron chi connectivity index (χ3n) is 4.87. The zero-order valence-electron chi connectivity index (χ0n) is 15.4. The van der Waals surface area contributed by atoms with Crippen molar-refractivity contribution in [3.63, 3.8) is 0 Å². The molecule has 29 heavy (non-hydrogen) atoms. The first-order valence-electron chi connectivity index (χ1n) is 8.98. The van der Waals surface area contributed by atoms with Gasteiger partial charge in [-0.1, -0.05) is 12.1 Å². The maximum absolute atomic E-state index is 12.4. The maximum atomic E-state index is 12.4. The number of aromatic nitrogens is 5. The monoisotopic (exact) mass is 378 g/mol. The molecule has 5 aromatic rings. The molecule has 4 heterocycles. The van der Waals surface area contributed by atoms with Gasteiger partial charge >= 0.3 is 0 Å². The fourth-order valence-electron chi connectivity index (χ4n) is 3.40. The molecule has 0 saturated carbocycles. The Balaban J connectivity index is 1.84. The summed E-state index contributed by atoms with van der Waals surface area (Å²) in [7, 11) is 0. The average Bonchev–Trinajstić information content (AvgIpc) is 3.13. The van der Waals surface area contributed by atoms with Crippen LogP contribution in [0.2, 0.25) is 0 Å². The number of fused-ring (bicyclic) bond motifs is 2. The number of H-pyrrole nitrogens is 1. The van der Waals surface area contributed by atoms with Crippen molar-refractivity contribution in [1.29, 1.82) is 5.26 Å². The Labute approximate surface area is 164 Å². The molecule has 0 saturated heterocycles. The minimum atomic E-state index is -0.115. The maximum Gasteiger partial charge on any atom is 0.191 e. The summed E-state index contributed by atoms with van der Waals surface area (Å²) in [6.07, 6.45) is 4.97. The molecule has 7 nitrogen and oxygen atoms in total. The van der Waals surface area contributed by atoms with Crippen LogP contribution in [0.25, 0.3) is 38.9 Å². The zero-order chi connectivity index (χ0) is 20.0. The molecule has 4 aromatic heterocycles. The molecule has 0 bridgehead atoms. The van der Waals surface area contributed by atoms with Crippen LogP contribution in [0, 0.1) is 18.3 Å². The number of aryl methyl sites for hydroxylation is 1. The number of benzene rings is 1. The highest BCUT2D eigenvalue weighted by atomic mass is 16.1. The van der Waals surface area contributed by atoms with E-state index in [1.54, 1.807) is 30.2 Å². The topological polar surface area (TPSA) is 100 Å². The van der Waals surface area contributed by atoms with E-state index in [1.807, 2.05) is 36.4 Å². The fraction of sp³-hybridized carbons (Fsp3) is 0.0455. The number of nitriles is 1. The molecular weight excluding hydrogens is 364 g/mol. The second-order valence-electron chi connectivity index (χ2n) is 6.69. The molecular formula is C22H14N6O. The highest BCUT2D eigenvalue weighted by molar-refractivity contribution is 5.89.